The van der Waals surface area contributed by atoms with Gasteiger partial charge in [0, 0.05) is 18.5 Å². The van der Waals surface area contributed by atoms with E-state index in [1.165, 1.54) is 10.9 Å². The first-order chi connectivity index (χ1) is 7.93. The first-order valence-electron chi connectivity index (χ1n) is 5.64. The summed E-state index contributed by atoms with van der Waals surface area (Å²) < 4.78 is 7.39. The van der Waals surface area contributed by atoms with E-state index in [0.717, 1.165) is 33.0 Å². The highest BCUT2D eigenvalue weighted by molar-refractivity contribution is 5.78. The zero-order valence-electron chi connectivity index (χ0n) is 9.17. The van der Waals surface area contributed by atoms with E-state index in [0.29, 0.717) is 0 Å². The fourth-order valence-corrected chi connectivity index (χ4v) is 2.07. The van der Waals surface area contributed by atoms with E-state index >= 15 is 0 Å². The van der Waals surface area contributed by atoms with E-state index in [-0.39, 0.29) is 0 Å². The second-order valence-corrected chi connectivity index (χ2v) is 4.07. The number of morpholine rings is 1. The lowest BCUT2D eigenvalue weighted by molar-refractivity contribution is 0.0221. The highest BCUT2D eigenvalue weighted by Crippen LogP contribution is 2.13. The SMILES string of the molecule is c1ccc2c(c1)cnn2CN1CCOCC1. The van der Waals surface area contributed by atoms with Gasteiger partial charge in [-0.05, 0) is 6.07 Å². The largest absolute Gasteiger partial charge is 0.379 e. The van der Waals surface area contributed by atoms with Crippen molar-refractivity contribution in [1.29, 1.82) is 0 Å². The van der Waals surface area contributed by atoms with Crippen LogP contribution in [-0.4, -0.2) is 41.0 Å². The first-order valence-corrected chi connectivity index (χ1v) is 5.64. The molecule has 2 heterocycles. The van der Waals surface area contributed by atoms with Gasteiger partial charge in [-0.1, -0.05) is 18.2 Å². The minimum atomic E-state index is 0.833. The average molecular weight is 217 g/mol. The van der Waals surface area contributed by atoms with Crippen LogP contribution in [0.25, 0.3) is 10.9 Å². The molecular formula is C12H15N3O. The van der Waals surface area contributed by atoms with Crippen molar-refractivity contribution in [2.24, 2.45) is 0 Å². The van der Waals surface area contributed by atoms with Crippen molar-refractivity contribution >= 4 is 10.9 Å². The Balaban J connectivity index is 1.83. The molecule has 4 nitrogen and oxygen atoms in total. The summed E-state index contributed by atoms with van der Waals surface area (Å²) in [6.07, 6.45) is 1.93. The molecule has 3 rings (SSSR count). The second-order valence-electron chi connectivity index (χ2n) is 4.07. The molecule has 0 radical (unpaired) electrons. The molecule has 1 aliphatic heterocycles. The van der Waals surface area contributed by atoms with Crippen LogP contribution in [0.2, 0.25) is 0 Å². The monoisotopic (exact) mass is 217 g/mol. The quantitative estimate of drug-likeness (QED) is 0.760. The molecule has 1 aromatic carbocycles. The molecule has 16 heavy (non-hydrogen) atoms. The number of para-hydroxylation sites is 1. The highest BCUT2D eigenvalue weighted by atomic mass is 16.5. The van der Waals surface area contributed by atoms with Crippen LogP contribution in [0.3, 0.4) is 0 Å². The Morgan fingerprint density at radius 2 is 2.00 bits per heavy atom. The molecule has 4 heteroatoms. The summed E-state index contributed by atoms with van der Waals surface area (Å²) >= 11 is 0. The molecule has 1 aromatic heterocycles. The summed E-state index contributed by atoms with van der Waals surface area (Å²) in [4.78, 5) is 2.36. The number of nitrogens with zero attached hydrogens (tertiary/aromatic N) is 3. The lowest BCUT2D eigenvalue weighted by atomic mass is 10.3. The van der Waals surface area contributed by atoms with Gasteiger partial charge in [-0.2, -0.15) is 5.10 Å². The number of fused-ring (bicyclic) bond motifs is 1. The van der Waals surface area contributed by atoms with E-state index in [1.54, 1.807) is 0 Å². The molecule has 1 aliphatic rings. The lowest BCUT2D eigenvalue weighted by Crippen LogP contribution is -2.37. The van der Waals surface area contributed by atoms with E-state index in [1.807, 2.05) is 12.3 Å². The molecular weight excluding hydrogens is 202 g/mol. The number of hydrogen-bond donors (Lipinski definition) is 0. The average Bonchev–Trinajstić information content (AvgIpc) is 2.74. The van der Waals surface area contributed by atoms with Crippen molar-refractivity contribution < 1.29 is 4.74 Å². The molecule has 0 N–H and O–H groups in total. The zero-order chi connectivity index (χ0) is 10.8. The first kappa shape index (κ1) is 9.81. The van der Waals surface area contributed by atoms with E-state index < -0.39 is 0 Å². The van der Waals surface area contributed by atoms with Gasteiger partial charge in [0.25, 0.3) is 0 Å². The fourth-order valence-electron chi connectivity index (χ4n) is 2.07. The Morgan fingerprint density at radius 1 is 1.19 bits per heavy atom. The van der Waals surface area contributed by atoms with Crippen LogP contribution in [-0.2, 0) is 11.4 Å². The topological polar surface area (TPSA) is 30.3 Å². The summed E-state index contributed by atoms with van der Waals surface area (Å²) in [5, 5.41) is 5.63. The Morgan fingerprint density at radius 3 is 2.88 bits per heavy atom. The maximum atomic E-state index is 5.34. The molecule has 84 valence electrons. The van der Waals surface area contributed by atoms with E-state index in [2.05, 4.69) is 32.9 Å². The Hall–Kier alpha value is -1.39. The maximum absolute atomic E-state index is 5.34. The van der Waals surface area contributed by atoms with Gasteiger partial charge in [-0.15, -0.1) is 0 Å². The number of ether oxygens (including phenoxy) is 1. The van der Waals surface area contributed by atoms with Crippen molar-refractivity contribution in [3.8, 4) is 0 Å². The molecule has 0 amide bonds. The van der Waals surface area contributed by atoms with Gasteiger partial charge in [0.15, 0.2) is 0 Å². The summed E-state index contributed by atoms with van der Waals surface area (Å²) in [7, 11) is 0. The molecule has 2 aromatic rings. The van der Waals surface area contributed by atoms with Gasteiger partial charge in [0.2, 0.25) is 0 Å². The molecule has 0 atom stereocenters. The maximum Gasteiger partial charge on any atom is 0.0937 e. The third-order valence-electron chi connectivity index (χ3n) is 2.99. The number of rotatable bonds is 2. The van der Waals surface area contributed by atoms with Crippen LogP contribution in [0.5, 0.6) is 0 Å². The molecule has 0 aliphatic carbocycles. The highest BCUT2D eigenvalue weighted by Gasteiger charge is 2.11. The van der Waals surface area contributed by atoms with Crippen molar-refractivity contribution in [2.75, 3.05) is 26.3 Å². The van der Waals surface area contributed by atoms with Crippen LogP contribution in [0.15, 0.2) is 30.5 Å². The van der Waals surface area contributed by atoms with E-state index in [4.69, 9.17) is 4.74 Å². The van der Waals surface area contributed by atoms with Crippen LogP contribution in [0.1, 0.15) is 0 Å². The van der Waals surface area contributed by atoms with Crippen LogP contribution in [0, 0.1) is 0 Å². The van der Waals surface area contributed by atoms with Crippen LogP contribution >= 0.6 is 0 Å². The zero-order valence-corrected chi connectivity index (χ0v) is 9.17. The number of hydrogen-bond acceptors (Lipinski definition) is 3. The summed E-state index contributed by atoms with van der Waals surface area (Å²) in [6.45, 7) is 4.51. The Bertz CT molecular complexity index is 474. The van der Waals surface area contributed by atoms with E-state index in [9.17, 15) is 0 Å². The van der Waals surface area contributed by atoms with Crippen molar-refractivity contribution in [3.63, 3.8) is 0 Å². The predicted molar refractivity (Wildman–Crippen MR) is 62.1 cm³/mol. The number of benzene rings is 1. The number of aromatic nitrogens is 2. The predicted octanol–water partition coefficient (Wildman–Crippen LogP) is 1.33. The Kier molecular flexibility index (Phi) is 2.60. The lowest BCUT2D eigenvalue weighted by Gasteiger charge is -2.26. The minimum Gasteiger partial charge on any atom is -0.379 e. The molecule has 1 fully saturated rings. The van der Waals surface area contributed by atoms with Gasteiger partial charge in [0.1, 0.15) is 0 Å². The summed E-state index contributed by atoms with van der Waals surface area (Å²) in [5.74, 6) is 0. The van der Waals surface area contributed by atoms with Crippen molar-refractivity contribution in [3.05, 3.63) is 30.5 Å². The van der Waals surface area contributed by atoms with Gasteiger partial charge in [0.05, 0.1) is 31.6 Å². The third-order valence-corrected chi connectivity index (χ3v) is 2.99. The minimum absolute atomic E-state index is 0.833. The summed E-state index contributed by atoms with van der Waals surface area (Å²) in [5.41, 5.74) is 1.20. The molecule has 1 saturated heterocycles. The standard InChI is InChI=1S/C12H15N3O/c1-2-4-12-11(3-1)9-13-15(12)10-14-5-7-16-8-6-14/h1-4,9H,5-8,10H2. The van der Waals surface area contributed by atoms with Gasteiger partial charge in [-0.25, -0.2) is 0 Å². The van der Waals surface area contributed by atoms with Gasteiger partial charge < -0.3 is 4.74 Å². The molecule has 0 spiro atoms. The normalized spacial score (nSPS) is 18.0. The molecule has 0 saturated carbocycles. The summed E-state index contributed by atoms with van der Waals surface area (Å²) in [6, 6.07) is 8.31. The molecule has 0 bridgehead atoms. The van der Waals surface area contributed by atoms with Crippen LogP contribution < -0.4 is 0 Å². The van der Waals surface area contributed by atoms with Crippen molar-refractivity contribution in [1.82, 2.24) is 14.7 Å². The van der Waals surface area contributed by atoms with Gasteiger partial charge >= 0.3 is 0 Å². The Labute approximate surface area is 94.4 Å². The fraction of sp³-hybridized carbons (Fsp3) is 0.417. The van der Waals surface area contributed by atoms with Gasteiger partial charge in [-0.3, -0.25) is 9.58 Å². The molecule has 0 unspecified atom stereocenters. The van der Waals surface area contributed by atoms with Crippen LogP contribution in [0.4, 0.5) is 0 Å². The second kappa shape index (κ2) is 4.23. The smallest absolute Gasteiger partial charge is 0.0937 e. The third kappa shape index (κ3) is 1.81. The van der Waals surface area contributed by atoms with Crippen molar-refractivity contribution in [2.45, 2.75) is 6.67 Å².